The van der Waals surface area contributed by atoms with Crippen LogP contribution in [0.3, 0.4) is 0 Å². The van der Waals surface area contributed by atoms with E-state index in [2.05, 4.69) is 5.10 Å². The molecule has 4 nitrogen and oxygen atoms in total. The summed E-state index contributed by atoms with van der Waals surface area (Å²) in [5.41, 5.74) is 5.39. The predicted molar refractivity (Wildman–Crippen MR) is 44.1 cm³/mol. The second-order valence-corrected chi connectivity index (χ2v) is 2.66. The van der Waals surface area contributed by atoms with E-state index in [1.165, 1.54) is 26.4 Å². The summed E-state index contributed by atoms with van der Waals surface area (Å²) in [5.74, 6) is 0. The number of piperidine rings is 1. The number of nitrogens with zero attached hydrogens (tertiary/aromatic N) is 2. The fraction of sp³-hybridized carbons (Fsp3) is 0.857. The first kappa shape index (κ1) is 8.17. The third-order valence-corrected chi connectivity index (χ3v) is 1.78. The van der Waals surface area contributed by atoms with Gasteiger partial charge in [-0.2, -0.15) is 0 Å². The minimum absolute atomic E-state index is 0.256. The Hall–Kier alpha value is -0.930. The Morgan fingerprint density at radius 3 is 2.55 bits per heavy atom. The molecule has 1 saturated heterocycles. The van der Waals surface area contributed by atoms with Crippen LogP contribution in [-0.4, -0.2) is 31.2 Å². The molecule has 1 fully saturated rings. The number of hydrogen-bond acceptors (Lipinski definition) is 3. The topological polar surface area (TPSA) is 50.9 Å². The summed E-state index contributed by atoms with van der Waals surface area (Å²) in [6, 6.07) is 0.256. The highest BCUT2D eigenvalue weighted by Gasteiger charge is 2.07. The number of hydrogen-bond donors (Lipinski definition) is 1. The minimum atomic E-state index is 0.256. The molecule has 1 heterocycles. The van der Waals surface area contributed by atoms with Crippen molar-refractivity contribution in [1.82, 2.24) is 5.01 Å². The number of nitrogens with two attached hydrogens (primary N) is 1. The first-order valence-electron chi connectivity index (χ1n) is 3.96. The Morgan fingerprint density at radius 1 is 1.36 bits per heavy atom. The first-order chi connectivity index (χ1) is 5.33. The van der Waals surface area contributed by atoms with Gasteiger partial charge < -0.3 is 10.5 Å². The van der Waals surface area contributed by atoms with Crippen LogP contribution in [0.1, 0.15) is 19.3 Å². The van der Waals surface area contributed by atoms with E-state index in [0.29, 0.717) is 0 Å². The molecule has 0 bridgehead atoms. The van der Waals surface area contributed by atoms with Gasteiger partial charge in [-0.25, -0.2) is 0 Å². The van der Waals surface area contributed by atoms with Crippen molar-refractivity contribution in [2.45, 2.75) is 19.3 Å². The van der Waals surface area contributed by atoms with Crippen molar-refractivity contribution in [1.29, 1.82) is 0 Å². The van der Waals surface area contributed by atoms with Gasteiger partial charge in [0.2, 0.25) is 0 Å². The van der Waals surface area contributed by atoms with Gasteiger partial charge in [0.25, 0.3) is 0 Å². The summed E-state index contributed by atoms with van der Waals surface area (Å²) < 4.78 is 4.74. The van der Waals surface area contributed by atoms with Crippen LogP contribution in [0.4, 0.5) is 0 Å². The van der Waals surface area contributed by atoms with Crippen LogP contribution in [0.25, 0.3) is 0 Å². The second-order valence-electron chi connectivity index (χ2n) is 2.66. The van der Waals surface area contributed by atoms with E-state index in [1.54, 1.807) is 0 Å². The molecule has 0 aromatic heterocycles. The van der Waals surface area contributed by atoms with Crippen LogP contribution in [0.5, 0.6) is 0 Å². The Morgan fingerprint density at radius 2 is 2.00 bits per heavy atom. The molecule has 11 heavy (non-hydrogen) atoms. The molecule has 2 N–H and O–H groups in total. The molecule has 0 aliphatic carbocycles. The van der Waals surface area contributed by atoms with Crippen LogP contribution in [0.15, 0.2) is 5.10 Å². The lowest BCUT2D eigenvalue weighted by Gasteiger charge is -2.23. The van der Waals surface area contributed by atoms with Crippen LogP contribution in [0.2, 0.25) is 0 Å². The average molecular weight is 157 g/mol. The van der Waals surface area contributed by atoms with Gasteiger partial charge in [-0.15, -0.1) is 5.10 Å². The molecule has 0 unspecified atom stereocenters. The van der Waals surface area contributed by atoms with Gasteiger partial charge in [-0.1, -0.05) is 0 Å². The lowest BCUT2D eigenvalue weighted by Crippen LogP contribution is -2.28. The summed E-state index contributed by atoms with van der Waals surface area (Å²) in [6.45, 7) is 2.01. The van der Waals surface area contributed by atoms with E-state index >= 15 is 0 Å². The monoisotopic (exact) mass is 157 g/mol. The van der Waals surface area contributed by atoms with Gasteiger partial charge in [0.15, 0.2) is 0 Å². The summed E-state index contributed by atoms with van der Waals surface area (Å²) in [5, 5.41) is 6.02. The normalized spacial score (nSPS) is 20.1. The molecule has 1 aliphatic rings. The van der Waals surface area contributed by atoms with E-state index in [0.717, 1.165) is 13.1 Å². The van der Waals surface area contributed by atoms with Crippen molar-refractivity contribution in [3.8, 4) is 0 Å². The summed E-state index contributed by atoms with van der Waals surface area (Å²) in [6.07, 6.45) is 3.72. The maximum absolute atomic E-state index is 5.39. The zero-order chi connectivity index (χ0) is 8.10. The van der Waals surface area contributed by atoms with Crippen LogP contribution < -0.4 is 5.73 Å². The molecule has 0 aromatic carbocycles. The van der Waals surface area contributed by atoms with Gasteiger partial charge in [0, 0.05) is 13.1 Å². The first-order valence-corrected chi connectivity index (χ1v) is 3.96. The number of hydrazone groups is 1. The quantitative estimate of drug-likeness (QED) is 0.441. The lowest BCUT2D eigenvalue weighted by molar-refractivity contribution is 0.227. The van der Waals surface area contributed by atoms with Crippen molar-refractivity contribution in [2.75, 3.05) is 20.2 Å². The van der Waals surface area contributed by atoms with Crippen LogP contribution >= 0.6 is 0 Å². The highest BCUT2D eigenvalue weighted by molar-refractivity contribution is 5.70. The van der Waals surface area contributed by atoms with E-state index in [1.807, 2.05) is 5.01 Å². The van der Waals surface area contributed by atoms with Crippen LogP contribution in [-0.2, 0) is 4.74 Å². The number of amidine groups is 1. The third-order valence-electron chi connectivity index (χ3n) is 1.78. The largest absolute Gasteiger partial charge is 0.468 e. The minimum Gasteiger partial charge on any atom is -0.468 e. The zero-order valence-electron chi connectivity index (χ0n) is 6.92. The molecule has 0 atom stereocenters. The molecular formula is C7H15N3O. The van der Waals surface area contributed by atoms with E-state index in [9.17, 15) is 0 Å². The highest BCUT2D eigenvalue weighted by Crippen LogP contribution is 2.08. The summed E-state index contributed by atoms with van der Waals surface area (Å²) in [7, 11) is 1.53. The van der Waals surface area contributed by atoms with Gasteiger partial charge in [0.1, 0.15) is 0 Å². The Kier molecular flexibility index (Phi) is 3.01. The highest BCUT2D eigenvalue weighted by atomic mass is 16.5. The molecule has 64 valence electrons. The Bertz CT molecular complexity index is 141. The van der Waals surface area contributed by atoms with Gasteiger partial charge in [-0.05, 0) is 19.3 Å². The molecule has 1 rings (SSSR count). The fourth-order valence-corrected chi connectivity index (χ4v) is 1.16. The molecule has 1 aliphatic heterocycles. The molecule has 0 saturated carbocycles. The van der Waals surface area contributed by atoms with E-state index in [-0.39, 0.29) is 6.02 Å². The molecule has 4 heteroatoms. The molecule has 0 spiro atoms. The number of rotatable bonds is 1. The van der Waals surface area contributed by atoms with E-state index in [4.69, 9.17) is 10.5 Å². The maximum atomic E-state index is 5.39. The second kappa shape index (κ2) is 4.05. The van der Waals surface area contributed by atoms with Crippen molar-refractivity contribution in [3.05, 3.63) is 0 Å². The summed E-state index contributed by atoms with van der Waals surface area (Å²) in [4.78, 5) is 0. The number of ether oxygens (including phenoxy) is 1. The molecular weight excluding hydrogens is 142 g/mol. The molecule has 0 radical (unpaired) electrons. The van der Waals surface area contributed by atoms with Crippen molar-refractivity contribution in [2.24, 2.45) is 10.8 Å². The van der Waals surface area contributed by atoms with E-state index < -0.39 is 0 Å². The maximum Gasteiger partial charge on any atom is 0.303 e. The van der Waals surface area contributed by atoms with Crippen molar-refractivity contribution < 1.29 is 4.74 Å². The molecule has 0 amide bonds. The van der Waals surface area contributed by atoms with Crippen molar-refractivity contribution >= 4 is 6.02 Å². The van der Waals surface area contributed by atoms with Crippen molar-refractivity contribution in [3.63, 3.8) is 0 Å². The predicted octanol–water partition coefficient (Wildman–Crippen LogP) is 0.348. The zero-order valence-corrected chi connectivity index (χ0v) is 6.92. The Labute approximate surface area is 67.0 Å². The Balaban J connectivity index is 2.34. The standard InChI is InChI=1S/C7H15N3O/c1-11-7(8)9-10-5-3-2-4-6-10/h2-6H2,1H3,(H2,8,9). The molecule has 0 aromatic rings. The summed E-state index contributed by atoms with van der Waals surface area (Å²) >= 11 is 0. The fourth-order valence-electron chi connectivity index (χ4n) is 1.16. The van der Waals surface area contributed by atoms with Gasteiger partial charge in [0.05, 0.1) is 7.11 Å². The van der Waals surface area contributed by atoms with Gasteiger partial charge in [-0.3, -0.25) is 5.01 Å². The third kappa shape index (κ3) is 2.65. The smallest absolute Gasteiger partial charge is 0.303 e. The average Bonchev–Trinajstić information content (AvgIpc) is 2.06. The number of methoxy groups -OCH3 is 1. The SMILES string of the molecule is COC(N)=NN1CCCCC1. The van der Waals surface area contributed by atoms with Gasteiger partial charge >= 0.3 is 6.02 Å². The lowest BCUT2D eigenvalue weighted by atomic mass is 10.2. The van der Waals surface area contributed by atoms with Crippen LogP contribution in [0, 0.1) is 0 Å².